The van der Waals surface area contributed by atoms with Gasteiger partial charge in [-0.15, -0.1) is 0 Å². The number of nitrogens with zero attached hydrogens (tertiary/aromatic N) is 2. The number of likely N-dealkylation sites (N-methyl/N-ethyl adjacent to an activating group) is 1. The Morgan fingerprint density at radius 3 is 3.00 bits per heavy atom. The van der Waals surface area contributed by atoms with Gasteiger partial charge in [0.05, 0.1) is 5.69 Å². The second kappa shape index (κ2) is 5.91. The van der Waals surface area contributed by atoms with Crippen LogP contribution in [0.15, 0.2) is 6.07 Å². The van der Waals surface area contributed by atoms with E-state index in [1.165, 1.54) is 24.3 Å². The van der Waals surface area contributed by atoms with E-state index in [-0.39, 0.29) is 0 Å². The minimum absolute atomic E-state index is 0.599. The van der Waals surface area contributed by atoms with Crippen molar-refractivity contribution in [3.8, 4) is 0 Å². The lowest BCUT2D eigenvalue weighted by Gasteiger charge is -2.23. The van der Waals surface area contributed by atoms with Crippen molar-refractivity contribution in [3.63, 3.8) is 0 Å². The van der Waals surface area contributed by atoms with Gasteiger partial charge < -0.3 is 5.32 Å². The number of aromatic nitrogens is 2. The third-order valence-corrected chi connectivity index (χ3v) is 4.92. The van der Waals surface area contributed by atoms with Crippen molar-refractivity contribution in [2.45, 2.75) is 44.4 Å². The lowest BCUT2D eigenvalue weighted by molar-refractivity contribution is 0.482. The predicted octanol–water partition coefficient (Wildman–Crippen LogP) is 2.14. The van der Waals surface area contributed by atoms with Crippen LogP contribution < -0.4 is 5.32 Å². The molecular weight excluding hydrogens is 230 g/mol. The van der Waals surface area contributed by atoms with Gasteiger partial charge in [-0.1, -0.05) is 6.92 Å². The van der Waals surface area contributed by atoms with Gasteiger partial charge in [-0.3, -0.25) is 4.68 Å². The highest BCUT2D eigenvalue weighted by molar-refractivity contribution is 8.00. The summed E-state index contributed by atoms with van der Waals surface area (Å²) in [5.74, 6) is 1.33. The highest BCUT2D eigenvalue weighted by Crippen LogP contribution is 2.30. The van der Waals surface area contributed by atoms with Crippen molar-refractivity contribution in [2.75, 3.05) is 12.3 Å². The molecule has 1 aromatic heterocycles. The van der Waals surface area contributed by atoms with E-state index in [9.17, 15) is 0 Å². The second-order valence-corrected chi connectivity index (χ2v) is 6.17. The number of hydrogen-bond acceptors (Lipinski definition) is 3. The Labute approximate surface area is 108 Å². The third kappa shape index (κ3) is 3.26. The smallest absolute Gasteiger partial charge is 0.0596 e. The molecule has 1 aliphatic heterocycles. The molecule has 4 heteroatoms. The lowest BCUT2D eigenvalue weighted by Crippen LogP contribution is -2.39. The molecule has 0 aromatic carbocycles. The summed E-state index contributed by atoms with van der Waals surface area (Å²) in [5.41, 5.74) is 2.47. The standard InChI is InChI=1S/C13H23N3S/c1-4-14-12(13-6-5-7-17-13)9-11-8-10(2)15-16(11)3/h8,12-14H,4-7,9H2,1-3H3. The molecule has 0 saturated carbocycles. The Kier molecular flexibility index (Phi) is 4.51. The molecule has 1 fully saturated rings. The van der Waals surface area contributed by atoms with Gasteiger partial charge in [0.25, 0.3) is 0 Å². The molecule has 1 aliphatic rings. The van der Waals surface area contributed by atoms with Crippen LogP contribution in [0.1, 0.15) is 31.2 Å². The van der Waals surface area contributed by atoms with E-state index in [1.807, 2.05) is 11.7 Å². The minimum Gasteiger partial charge on any atom is -0.313 e. The monoisotopic (exact) mass is 253 g/mol. The average Bonchev–Trinajstić information content (AvgIpc) is 2.88. The first-order valence-corrected chi connectivity index (χ1v) is 7.60. The summed E-state index contributed by atoms with van der Waals surface area (Å²) in [5, 5.41) is 8.86. The van der Waals surface area contributed by atoms with Gasteiger partial charge in [-0.05, 0) is 38.1 Å². The number of nitrogens with one attached hydrogen (secondary N) is 1. The molecule has 0 bridgehead atoms. The molecule has 2 rings (SSSR count). The minimum atomic E-state index is 0.599. The van der Waals surface area contributed by atoms with Crippen LogP contribution >= 0.6 is 11.8 Å². The molecule has 2 atom stereocenters. The largest absolute Gasteiger partial charge is 0.313 e. The van der Waals surface area contributed by atoms with Crippen LogP contribution in [0.25, 0.3) is 0 Å². The average molecular weight is 253 g/mol. The summed E-state index contributed by atoms with van der Waals surface area (Å²) >= 11 is 2.13. The van der Waals surface area contributed by atoms with Gasteiger partial charge >= 0.3 is 0 Å². The molecule has 17 heavy (non-hydrogen) atoms. The van der Waals surface area contributed by atoms with E-state index in [4.69, 9.17) is 0 Å². The summed E-state index contributed by atoms with van der Waals surface area (Å²) < 4.78 is 2.03. The Morgan fingerprint density at radius 1 is 1.65 bits per heavy atom. The van der Waals surface area contributed by atoms with Gasteiger partial charge in [0.2, 0.25) is 0 Å². The molecule has 2 unspecified atom stereocenters. The van der Waals surface area contributed by atoms with Crippen LogP contribution in [-0.4, -0.2) is 33.4 Å². The van der Waals surface area contributed by atoms with Crippen molar-refractivity contribution < 1.29 is 0 Å². The maximum absolute atomic E-state index is 4.43. The molecule has 0 spiro atoms. The van der Waals surface area contributed by atoms with E-state index < -0.39 is 0 Å². The van der Waals surface area contributed by atoms with Crippen LogP contribution in [0.3, 0.4) is 0 Å². The number of aryl methyl sites for hydroxylation is 2. The molecule has 0 radical (unpaired) electrons. The van der Waals surface area contributed by atoms with Crippen LogP contribution in [0.5, 0.6) is 0 Å². The van der Waals surface area contributed by atoms with E-state index in [0.717, 1.165) is 23.9 Å². The molecule has 3 nitrogen and oxygen atoms in total. The summed E-state index contributed by atoms with van der Waals surface area (Å²) in [7, 11) is 2.05. The van der Waals surface area contributed by atoms with Gasteiger partial charge in [0, 0.05) is 30.5 Å². The second-order valence-electron chi connectivity index (χ2n) is 4.82. The number of rotatable bonds is 5. The van der Waals surface area contributed by atoms with Crippen LogP contribution in [0.2, 0.25) is 0 Å². The van der Waals surface area contributed by atoms with Crippen LogP contribution in [0, 0.1) is 6.92 Å². The molecule has 0 amide bonds. The quantitative estimate of drug-likeness (QED) is 0.872. The fourth-order valence-electron chi connectivity index (χ4n) is 2.60. The Bertz CT molecular complexity index is 356. The molecule has 1 aromatic rings. The Balaban J connectivity index is 2.03. The zero-order chi connectivity index (χ0) is 12.3. The van der Waals surface area contributed by atoms with E-state index in [0.29, 0.717) is 6.04 Å². The zero-order valence-electron chi connectivity index (χ0n) is 11.1. The topological polar surface area (TPSA) is 29.9 Å². The van der Waals surface area contributed by atoms with E-state index in [2.05, 4.69) is 42.1 Å². The molecule has 1 saturated heterocycles. The first-order valence-electron chi connectivity index (χ1n) is 6.55. The molecular formula is C13H23N3S. The summed E-state index contributed by atoms with van der Waals surface area (Å²) in [4.78, 5) is 0. The first-order chi connectivity index (χ1) is 8.20. The summed E-state index contributed by atoms with van der Waals surface area (Å²) in [6, 6.07) is 2.81. The van der Waals surface area contributed by atoms with Crippen LogP contribution in [-0.2, 0) is 13.5 Å². The fraction of sp³-hybridized carbons (Fsp3) is 0.769. The number of thioether (sulfide) groups is 1. The van der Waals surface area contributed by atoms with E-state index >= 15 is 0 Å². The molecule has 0 aliphatic carbocycles. The van der Waals surface area contributed by atoms with Gasteiger partial charge in [0.1, 0.15) is 0 Å². The third-order valence-electron chi connectivity index (χ3n) is 3.41. The fourth-order valence-corrected chi connectivity index (χ4v) is 3.99. The van der Waals surface area contributed by atoms with Crippen molar-refractivity contribution in [1.29, 1.82) is 0 Å². The SMILES string of the molecule is CCNC(Cc1cc(C)nn1C)C1CCCS1. The van der Waals surface area contributed by atoms with Gasteiger partial charge in [-0.2, -0.15) is 16.9 Å². The maximum Gasteiger partial charge on any atom is 0.0596 e. The normalized spacial score (nSPS) is 21.9. The maximum atomic E-state index is 4.43. The Hall–Kier alpha value is -0.480. The number of hydrogen-bond donors (Lipinski definition) is 1. The summed E-state index contributed by atoms with van der Waals surface area (Å²) in [6.07, 6.45) is 3.84. The molecule has 1 N–H and O–H groups in total. The van der Waals surface area contributed by atoms with Crippen LogP contribution in [0.4, 0.5) is 0 Å². The van der Waals surface area contributed by atoms with E-state index in [1.54, 1.807) is 0 Å². The highest BCUT2D eigenvalue weighted by atomic mass is 32.2. The van der Waals surface area contributed by atoms with Gasteiger partial charge in [0.15, 0.2) is 0 Å². The first kappa shape index (κ1) is 13.0. The molecule has 2 heterocycles. The zero-order valence-corrected chi connectivity index (χ0v) is 11.9. The van der Waals surface area contributed by atoms with Crippen molar-refractivity contribution >= 4 is 11.8 Å². The highest BCUT2D eigenvalue weighted by Gasteiger charge is 2.25. The Morgan fingerprint density at radius 2 is 2.47 bits per heavy atom. The molecule has 96 valence electrons. The lowest BCUT2D eigenvalue weighted by atomic mass is 10.0. The van der Waals surface area contributed by atoms with Gasteiger partial charge in [-0.25, -0.2) is 0 Å². The van der Waals surface area contributed by atoms with Crippen molar-refractivity contribution in [3.05, 3.63) is 17.5 Å². The van der Waals surface area contributed by atoms with Crippen molar-refractivity contribution in [1.82, 2.24) is 15.1 Å². The predicted molar refractivity (Wildman–Crippen MR) is 74.6 cm³/mol. The summed E-state index contributed by atoms with van der Waals surface area (Å²) in [6.45, 7) is 5.32. The van der Waals surface area contributed by atoms with Crippen molar-refractivity contribution in [2.24, 2.45) is 7.05 Å².